The second-order valence-electron chi connectivity index (χ2n) is 4.52. The van der Waals surface area contributed by atoms with Crippen molar-refractivity contribution >= 4 is 21.8 Å². The highest BCUT2D eigenvalue weighted by Gasteiger charge is 2.13. The first kappa shape index (κ1) is 14.7. The number of carbonyl (C=O) groups is 1. The summed E-state index contributed by atoms with van der Waals surface area (Å²) in [7, 11) is 0. The lowest BCUT2D eigenvalue weighted by Crippen LogP contribution is -2.19. The van der Waals surface area contributed by atoms with Gasteiger partial charge in [-0.2, -0.15) is 5.10 Å². The zero-order valence-electron chi connectivity index (χ0n) is 11.4. The Morgan fingerprint density at radius 2 is 2.30 bits per heavy atom. The molecular weight excluding hydrogens is 320 g/mol. The number of benzene rings is 1. The number of aromatic nitrogens is 2. The molecule has 0 radical (unpaired) electrons. The van der Waals surface area contributed by atoms with Gasteiger partial charge in [0.1, 0.15) is 0 Å². The van der Waals surface area contributed by atoms with Gasteiger partial charge in [0.2, 0.25) is 0 Å². The van der Waals surface area contributed by atoms with Crippen LogP contribution in [0.25, 0.3) is 5.69 Å². The molecule has 2 rings (SSSR count). The maximum absolute atomic E-state index is 11.2. The van der Waals surface area contributed by atoms with Gasteiger partial charge in [0.25, 0.3) is 5.91 Å². The normalized spacial score (nSPS) is 12.3. The Bertz CT molecular complexity index is 623. The van der Waals surface area contributed by atoms with E-state index in [1.54, 1.807) is 10.9 Å². The molecule has 1 atom stereocenters. The minimum Gasteiger partial charge on any atom is -0.366 e. The predicted molar refractivity (Wildman–Crippen MR) is 81.9 cm³/mol. The van der Waals surface area contributed by atoms with Crippen LogP contribution in [0.2, 0.25) is 0 Å². The van der Waals surface area contributed by atoms with Crippen LogP contribution in [-0.4, -0.2) is 22.2 Å². The molecule has 0 aliphatic rings. The first-order valence-electron chi connectivity index (χ1n) is 6.40. The zero-order valence-corrected chi connectivity index (χ0v) is 13.0. The molecule has 5 nitrogen and oxygen atoms in total. The van der Waals surface area contributed by atoms with E-state index in [1.165, 1.54) is 6.20 Å². The van der Waals surface area contributed by atoms with Crippen LogP contribution < -0.4 is 11.1 Å². The summed E-state index contributed by atoms with van der Waals surface area (Å²) in [4.78, 5) is 11.2. The lowest BCUT2D eigenvalue weighted by molar-refractivity contribution is 0.100. The van der Waals surface area contributed by atoms with E-state index < -0.39 is 5.91 Å². The van der Waals surface area contributed by atoms with Gasteiger partial charge in [-0.1, -0.05) is 28.9 Å². The highest BCUT2D eigenvalue weighted by atomic mass is 79.9. The number of primary amides is 1. The maximum Gasteiger partial charge on any atom is 0.251 e. The Morgan fingerprint density at radius 3 is 2.90 bits per heavy atom. The van der Waals surface area contributed by atoms with Gasteiger partial charge in [0.15, 0.2) is 0 Å². The first-order chi connectivity index (χ1) is 9.52. The number of nitrogens with one attached hydrogen (secondary N) is 1. The molecule has 1 aromatic carbocycles. The summed E-state index contributed by atoms with van der Waals surface area (Å²) in [6.07, 6.45) is 3.12. The molecule has 20 heavy (non-hydrogen) atoms. The molecule has 0 fully saturated rings. The van der Waals surface area contributed by atoms with Crippen LogP contribution in [0.5, 0.6) is 0 Å². The topological polar surface area (TPSA) is 72.9 Å². The van der Waals surface area contributed by atoms with Crippen LogP contribution in [0.4, 0.5) is 0 Å². The average Bonchev–Trinajstić information content (AvgIpc) is 2.88. The third-order valence-electron chi connectivity index (χ3n) is 3.08. The summed E-state index contributed by atoms with van der Waals surface area (Å²) in [6, 6.07) is 6.19. The van der Waals surface area contributed by atoms with Gasteiger partial charge in [-0.25, -0.2) is 4.68 Å². The Kier molecular flexibility index (Phi) is 4.57. The van der Waals surface area contributed by atoms with Gasteiger partial charge in [-0.05, 0) is 31.2 Å². The second kappa shape index (κ2) is 6.19. The molecule has 0 saturated carbocycles. The largest absolute Gasteiger partial charge is 0.366 e. The molecule has 1 unspecified atom stereocenters. The highest BCUT2D eigenvalue weighted by Crippen LogP contribution is 2.25. The third kappa shape index (κ3) is 3.08. The fraction of sp³-hybridized carbons (Fsp3) is 0.286. The van der Waals surface area contributed by atoms with Crippen molar-refractivity contribution in [3.8, 4) is 5.69 Å². The molecule has 106 valence electrons. The predicted octanol–water partition coefficient (Wildman–Crippen LogP) is 2.40. The van der Waals surface area contributed by atoms with E-state index in [0.717, 1.165) is 22.3 Å². The van der Waals surface area contributed by atoms with Gasteiger partial charge in [-0.15, -0.1) is 0 Å². The monoisotopic (exact) mass is 336 g/mol. The highest BCUT2D eigenvalue weighted by molar-refractivity contribution is 9.10. The molecule has 1 amide bonds. The van der Waals surface area contributed by atoms with Gasteiger partial charge < -0.3 is 11.1 Å². The van der Waals surface area contributed by atoms with Crippen LogP contribution in [0.15, 0.2) is 35.1 Å². The van der Waals surface area contributed by atoms with Crippen molar-refractivity contribution in [2.24, 2.45) is 5.73 Å². The van der Waals surface area contributed by atoms with E-state index in [2.05, 4.69) is 40.2 Å². The number of halogens is 1. The molecule has 6 heteroatoms. The quantitative estimate of drug-likeness (QED) is 0.880. The Balaban J connectivity index is 2.47. The molecule has 1 heterocycles. The van der Waals surface area contributed by atoms with Crippen molar-refractivity contribution in [3.05, 3.63) is 46.2 Å². The van der Waals surface area contributed by atoms with Crippen molar-refractivity contribution < 1.29 is 4.79 Å². The number of hydrogen-bond acceptors (Lipinski definition) is 3. The van der Waals surface area contributed by atoms with Crippen molar-refractivity contribution in [3.63, 3.8) is 0 Å². The lowest BCUT2D eigenvalue weighted by atomic mass is 10.1. The molecule has 0 aliphatic carbocycles. The number of amides is 1. The van der Waals surface area contributed by atoms with E-state index in [0.29, 0.717) is 5.56 Å². The van der Waals surface area contributed by atoms with Crippen LogP contribution in [0, 0.1) is 0 Å². The van der Waals surface area contributed by atoms with Crippen molar-refractivity contribution in [1.29, 1.82) is 0 Å². The summed E-state index contributed by atoms with van der Waals surface area (Å²) < 4.78 is 2.63. The van der Waals surface area contributed by atoms with Crippen molar-refractivity contribution in [1.82, 2.24) is 15.1 Å². The van der Waals surface area contributed by atoms with Crippen molar-refractivity contribution in [2.45, 2.75) is 19.9 Å². The Labute approximate surface area is 126 Å². The number of hydrogen-bond donors (Lipinski definition) is 2. The molecule has 0 spiro atoms. The summed E-state index contributed by atoms with van der Waals surface area (Å²) >= 11 is 3.46. The fourth-order valence-electron chi connectivity index (χ4n) is 2.08. The molecule has 0 bridgehead atoms. The van der Waals surface area contributed by atoms with E-state index in [-0.39, 0.29) is 6.04 Å². The molecule has 0 aliphatic heterocycles. The molecule has 1 aromatic heterocycles. The van der Waals surface area contributed by atoms with Crippen LogP contribution >= 0.6 is 15.9 Å². The van der Waals surface area contributed by atoms with E-state index >= 15 is 0 Å². The van der Waals surface area contributed by atoms with Gasteiger partial charge in [0.05, 0.1) is 17.4 Å². The first-order valence-corrected chi connectivity index (χ1v) is 7.20. The molecule has 2 aromatic rings. The minimum atomic E-state index is -0.479. The van der Waals surface area contributed by atoms with Gasteiger partial charge in [0, 0.05) is 16.7 Å². The zero-order chi connectivity index (χ0) is 14.7. The number of nitrogens with two attached hydrogens (primary N) is 1. The second-order valence-corrected chi connectivity index (χ2v) is 5.44. The van der Waals surface area contributed by atoms with E-state index in [9.17, 15) is 4.79 Å². The summed E-state index contributed by atoms with van der Waals surface area (Å²) in [5, 5.41) is 7.59. The summed E-state index contributed by atoms with van der Waals surface area (Å²) in [6.45, 7) is 5.03. The van der Waals surface area contributed by atoms with Crippen LogP contribution in [0.3, 0.4) is 0 Å². The summed E-state index contributed by atoms with van der Waals surface area (Å²) in [5.74, 6) is -0.479. The third-order valence-corrected chi connectivity index (χ3v) is 3.58. The smallest absolute Gasteiger partial charge is 0.251 e. The SMILES string of the molecule is CCNC(C)c1ccc(Br)cc1-n1cc(C(N)=O)cn1. The minimum absolute atomic E-state index is 0.185. The van der Waals surface area contributed by atoms with Gasteiger partial charge >= 0.3 is 0 Å². The van der Waals surface area contributed by atoms with Gasteiger partial charge in [-0.3, -0.25) is 4.79 Å². The average molecular weight is 337 g/mol. The molecular formula is C14H17BrN4O. The standard InChI is InChI=1S/C14H17BrN4O/c1-3-17-9(2)12-5-4-11(15)6-13(12)19-8-10(7-18-19)14(16)20/h4-9,17H,3H2,1-2H3,(H2,16,20). The lowest BCUT2D eigenvalue weighted by Gasteiger charge is -2.17. The molecule has 3 N–H and O–H groups in total. The van der Waals surface area contributed by atoms with Crippen molar-refractivity contribution in [2.75, 3.05) is 6.54 Å². The van der Waals surface area contributed by atoms with Crippen LogP contribution in [0.1, 0.15) is 35.8 Å². The van der Waals surface area contributed by atoms with Crippen LogP contribution in [-0.2, 0) is 0 Å². The van der Waals surface area contributed by atoms with E-state index in [1.807, 2.05) is 18.2 Å². The maximum atomic E-state index is 11.2. The number of nitrogens with zero attached hydrogens (tertiary/aromatic N) is 2. The fourth-order valence-corrected chi connectivity index (χ4v) is 2.43. The number of carbonyl (C=O) groups excluding carboxylic acids is 1. The summed E-state index contributed by atoms with van der Waals surface area (Å²) in [5.41, 5.74) is 7.68. The van der Waals surface area contributed by atoms with E-state index in [4.69, 9.17) is 5.73 Å². The molecule has 0 saturated heterocycles. The number of rotatable bonds is 5. The Morgan fingerprint density at radius 1 is 1.55 bits per heavy atom. The Hall–Kier alpha value is -1.66.